The summed E-state index contributed by atoms with van der Waals surface area (Å²) >= 11 is 1.40. The van der Waals surface area contributed by atoms with Crippen molar-refractivity contribution in [3.8, 4) is 0 Å². The van der Waals surface area contributed by atoms with Gasteiger partial charge >= 0.3 is 0 Å². The van der Waals surface area contributed by atoms with Gasteiger partial charge < -0.3 is 10.2 Å². The lowest BCUT2D eigenvalue weighted by atomic mass is 10.4. The Bertz CT molecular complexity index is 319. The largest absolute Gasteiger partial charge is 0.354 e. The molecule has 1 aromatic rings. The Morgan fingerprint density at radius 2 is 2.15 bits per heavy atom. The van der Waals surface area contributed by atoms with Crippen LogP contribution in [0.5, 0.6) is 0 Å². The minimum absolute atomic E-state index is 0.0666. The van der Waals surface area contributed by atoms with Crippen molar-refractivity contribution in [3.63, 3.8) is 0 Å². The van der Waals surface area contributed by atoms with Crippen molar-refractivity contribution in [1.29, 1.82) is 0 Å². The van der Waals surface area contributed by atoms with E-state index in [2.05, 4.69) is 10.3 Å². The summed E-state index contributed by atoms with van der Waals surface area (Å²) in [4.78, 5) is 18.2. The number of thiazole rings is 1. The Kier molecular flexibility index (Phi) is 2.87. The molecule has 0 aliphatic rings. The van der Waals surface area contributed by atoms with Crippen LogP contribution in [-0.2, 0) is 0 Å². The van der Waals surface area contributed by atoms with Gasteiger partial charge in [-0.3, -0.25) is 4.79 Å². The second-order valence-electron chi connectivity index (χ2n) is 2.88. The van der Waals surface area contributed by atoms with Crippen LogP contribution in [0.1, 0.15) is 15.4 Å². The molecule has 0 bridgehead atoms. The summed E-state index contributed by atoms with van der Waals surface area (Å²) in [6, 6.07) is 0. The SMILES string of the molecule is CNC(=O)c1sc(N(C)C)nc1C. The van der Waals surface area contributed by atoms with Gasteiger partial charge in [-0.25, -0.2) is 4.98 Å². The fourth-order valence-electron chi connectivity index (χ4n) is 0.898. The number of aromatic nitrogens is 1. The summed E-state index contributed by atoms with van der Waals surface area (Å²) in [7, 11) is 5.44. The molecule has 0 radical (unpaired) electrons. The van der Waals surface area contributed by atoms with Gasteiger partial charge in [0.05, 0.1) is 5.69 Å². The number of carbonyl (C=O) groups is 1. The minimum atomic E-state index is -0.0666. The van der Waals surface area contributed by atoms with E-state index in [0.29, 0.717) is 4.88 Å². The molecule has 72 valence electrons. The van der Waals surface area contributed by atoms with Crippen molar-refractivity contribution in [1.82, 2.24) is 10.3 Å². The fourth-order valence-corrected chi connectivity index (χ4v) is 1.83. The Labute approximate surface area is 81.6 Å². The van der Waals surface area contributed by atoms with Crippen LogP contribution in [-0.4, -0.2) is 32.0 Å². The lowest BCUT2D eigenvalue weighted by molar-refractivity contribution is 0.0966. The Morgan fingerprint density at radius 1 is 1.54 bits per heavy atom. The smallest absolute Gasteiger partial charge is 0.263 e. The van der Waals surface area contributed by atoms with Crippen LogP contribution in [0.25, 0.3) is 0 Å². The number of aryl methyl sites for hydroxylation is 1. The number of nitrogens with one attached hydrogen (secondary N) is 1. The molecule has 0 unspecified atom stereocenters. The topological polar surface area (TPSA) is 45.2 Å². The summed E-state index contributed by atoms with van der Waals surface area (Å²) in [6.45, 7) is 1.84. The van der Waals surface area contributed by atoms with E-state index < -0.39 is 0 Å². The van der Waals surface area contributed by atoms with Gasteiger partial charge in [-0.15, -0.1) is 0 Å². The van der Waals surface area contributed by atoms with Crippen LogP contribution in [0.15, 0.2) is 0 Å². The molecular formula is C8H13N3OS. The van der Waals surface area contributed by atoms with Crippen molar-refractivity contribution in [2.75, 3.05) is 26.0 Å². The normalized spacial score (nSPS) is 9.85. The van der Waals surface area contributed by atoms with Gasteiger partial charge in [0.2, 0.25) is 0 Å². The highest BCUT2D eigenvalue weighted by atomic mass is 32.1. The van der Waals surface area contributed by atoms with Crippen molar-refractivity contribution in [3.05, 3.63) is 10.6 Å². The number of hydrogen-bond acceptors (Lipinski definition) is 4. The molecule has 0 fully saturated rings. The first kappa shape index (κ1) is 9.98. The third-order valence-corrected chi connectivity index (χ3v) is 2.93. The molecule has 1 rings (SSSR count). The highest BCUT2D eigenvalue weighted by molar-refractivity contribution is 7.17. The molecule has 1 aromatic heterocycles. The van der Waals surface area contributed by atoms with Crippen LogP contribution < -0.4 is 10.2 Å². The Balaban J connectivity index is 3.03. The van der Waals surface area contributed by atoms with Gasteiger partial charge in [0.25, 0.3) is 5.91 Å². The maximum Gasteiger partial charge on any atom is 0.263 e. The zero-order chi connectivity index (χ0) is 10.0. The van der Waals surface area contributed by atoms with E-state index in [9.17, 15) is 4.79 Å². The van der Waals surface area contributed by atoms with Crippen LogP contribution in [0.2, 0.25) is 0 Å². The first-order valence-electron chi connectivity index (χ1n) is 3.93. The second-order valence-corrected chi connectivity index (χ2v) is 3.86. The number of rotatable bonds is 2. The van der Waals surface area contributed by atoms with E-state index in [0.717, 1.165) is 10.8 Å². The molecule has 0 aliphatic heterocycles. The van der Waals surface area contributed by atoms with Crippen LogP contribution in [0, 0.1) is 6.92 Å². The molecule has 0 aromatic carbocycles. The average Bonchev–Trinajstić information content (AvgIpc) is 2.46. The van der Waals surface area contributed by atoms with Crippen LogP contribution >= 0.6 is 11.3 Å². The number of amides is 1. The monoisotopic (exact) mass is 199 g/mol. The van der Waals surface area contributed by atoms with Crippen molar-refractivity contribution in [2.24, 2.45) is 0 Å². The number of hydrogen-bond donors (Lipinski definition) is 1. The lowest BCUT2D eigenvalue weighted by Crippen LogP contribution is -2.17. The quantitative estimate of drug-likeness (QED) is 0.769. The van der Waals surface area contributed by atoms with Gasteiger partial charge in [-0.05, 0) is 6.92 Å². The van der Waals surface area contributed by atoms with Crippen molar-refractivity contribution >= 4 is 22.4 Å². The van der Waals surface area contributed by atoms with E-state index in [1.165, 1.54) is 11.3 Å². The number of carbonyl (C=O) groups excluding carboxylic acids is 1. The first-order chi connectivity index (χ1) is 6.06. The predicted octanol–water partition coefficient (Wildman–Crippen LogP) is 0.877. The zero-order valence-electron chi connectivity index (χ0n) is 8.21. The summed E-state index contributed by atoms with van der Waals surface area (Å²) in [5.41, 5.74) is 0.785. The zero-order valence-corrected chi connectivity index (χ0v) is 9.03. The maximum atomic E-state index is 11.3. The number of anilines is 1. The average molecular weight is 199 g/mol. The van der Waals surface area contributed by atoms with E-state index in [-0.39, 0.29) is 5.91 Å². The third-order valence-electron chi connectivity index (χ3n) is 1.60. The standard InChI is InChI=1S/C8H13N3OS/c1-5-6(7(12)9-2)13-8(10-5)11(3)4/h1-4H3,(H,9,12). The number of nitrogens with zero attached hydrogens (tertiary/aromatic N) is 2. The highest BCUT2D eigenvalue weighted by Crippen LogP contribution is 2.23. The molecule has 1 N–H and O–H groups in total. The molecule has 5 heteroatoms. The summed E-state index contributed by atoms with van der Waals surface area (Å²) in [6.07, 6.45) is 0. The summed E-state index contributed by atoms with van der Waals surface area (Å²) in [5.74, 6) is -0.0666. The minimum Gasteiger partial charge on any atom is -0.354 e. The highest BCUT2D eigenvalue weighted by Gasteiger charge is 2.14. The summed E-state index contributed by atoms with van der Waals surface area (Å²) in [5, 5.41) is 3.44. The molecule has 13 heavy (non-hydrogen) atoms. The van der Waals surface area contributed by atoms with Gasteiger partial charge in [0.1, 0.15) is 4.88 Å². The molecule has 4 nitrogen and oxygen atoms in total. The molecule has 0 saturated carbocycles. The maximum absolute atomic E-state index is 11.3. The lowest BCUT2D eigenvalue weighted by Gasteiger charge is -2.04. The van der Waals surface area contributed by atoms with E-state index in [4.69, 9.17) is 0 Å². The molecule has 1 heterocycles. The molecule has 0 aliphatic carbocycles. The predicted molar refractivity (Wildman–Crippen MR) is 54.6 cm³/mol. The van der Waals surface area contributed by atoms with Crippen LogP contribution in [0.4, 0.5) is 5.13 Å². The van der Waals surface area contributed by atoms with Gasteiger partial charge in [0.15, 0.2) is 5.13 Å². The third kappa shape index (κ3) is 1.98. The molecule has 0 saturated heterocycles. The van der Waals surface area contributed by atoms with Crippen molar-refractivity contribution < 1.29 is 4.79 Å². The van der Waals surface area contributed by atoms with Crippen molar-refractivity contribution in [2.45, 2.75) is 6.92 Å². The van der Waals surface area contributed by atoms with E-state index in [1.54, 1.807) is 7.05 Å². The molecule has 1 amide bonds. The fraction of sp³-hybridized carbons (Fsp3) is 0.500. The second kappa shape index (κ2) is 3.74. The van der Waals surface area contributed by atoms with Gasteiger partial charge in [-0.1, -0.05) is 11.3 Å². The Morgan fingerprint density at radius 3 is 2.54 bits per heavy atom. The van der Waals surface area contributed by atoms with E-state index in [1.807, 2.05) is 25.9 Å². The molecule has 0 atom stereocenters. The van der Waals surface area contributed by atoms with Gasteiger partial charge in [0, 0.05) is 21.1 Å². The Hall–Kier alpha value is -1.10. The van der Waals surface area contributed by atoms with Crippen LogP contribution in [0.3, 0.4) is 0 Å². The molecule has 0 spiro atoms. The van der Waals surface area contributed by atoms with E-state index >= 15 is 0 Å². The van der Waals surface area contributed by atoms with Gasteiger partial charge in [-0.2, -0.15) is 0 Å². The summed E-state index contributed by atoms with van der Waals surface area (Å²) < 4.78 is 0. The molecular weight excluding hydrogens is 186 g/mol. The first-order valence-corrected chi connectivity index (χ1v) is 4.74.